The largest absolute Gasteiger partial charge is 0.385 e. The van der Waals surface area contributed by atoms with Crippen molar-refractivity contribution in [2.75, 3.05) is 33.4 Å². The number of ether oxygens (including phenoxy) is 2. The molecule has 118 valence electrons. The number of rotatable bonds is 5. The molecule has 0 saturated carbocycles. The molecule has 0 N–H and O–H groups in total. The molecule has 1 saturated heterocycles. The van der Waals surface area contributed by atoms with E-state index in [0.29, 0.717) is 25.2 Å². The molecule has 0 radical (unpaired) electrons. The van der Waals surface area contributed by atoms with E-state index >= 15 is 0 Å². The Morgan fingerprint density at radius 3 is 2.95 bits per heavy atom. The van der Waals surface area contributed by atoms with Gasteiger partial charge in [0.05, 0.1) is 12.7 Å². The molecule has 0 aromatic heterocycles. The van der Waals surface area contributed by atoms with Gasteiger partial charge in [-0.1, -0.05) is 6.07 Å². The molecule has 1 aliphatic rings. The van der Waals surface area contributed by atoms with Crippen LogP contribution < -0.4 is 0 Å². The highest BCUT2D eigenvalue weighted by atomic mass is 32.2. The SMILES string of the molecule is COCC[C@@H]1CN(S(=O)(=O)c2cc(C)ccc2F)CCO1. The van der Waals surface area contributed by atoms with E-state index < -0.39 is 15.8 Å². The molecule has 1 aliphatic heterocycles. The van der Waals surface area contributed by atoms with Gasteiger partial charge in [-0.05, 0) is 31.0 Å². The fraction of sp³-hybridized carbons (Fsp3) is 0.571. The summed E-state index contributed by atoms with van der Waals surface area (Å²) in [6, 6.07) is 4.10. The zero-order chi connectivity index (χ0) is 15.5. The lowest BCUT2D eigenvalue weighted by molar-refractivity contribution is -0.0168. The fourth-order valence-electron chi connectivity index (χ4n) is 2.28. The minimum Gasteiger partial charge on any atom is -0.385 e. The number of sulfonamides is 1. The first-order valence-electron chi connectivity index (χ1n) is 6.82. The number of hydrogen-bond acceptors (Lipinski definition) is 4. The second kappa shape index (κ2) is 6.83. The summed E-state index contributed by atoms with van der Waals surface area (Å²) in [5, 5.41) is 0. The van der Waals surface area contributed by atoms with Gasteiger partial charge >= 0.3 is 0 Å². The zero-order valence-electron chi connectivity index (χ0n) is 12.2. The number of halogens is 1. The summed E-state index contributed by atoms with van der Waals surface area (Å²) in [6.45, 7) is 3.00. The lowest BCUT2D eigenvalue weighted by Crippen LogP contribution is -2.46. The van der Waals surface area contributed by atoms with E-state index in [1.807, 2.05) is 0 Å². The Kier molecular flexibility index (Phi) is 5.32. The van der Waals surface area contributed by atoms with Gasteiger partial charge in [-0.25, -0.2) is 12.8 Å². The van der Waals surface area contributed by atoms with Gasteiger partial charge in [-0.3, -0.25) is 0 Å². The molecule has 0 unspecified atom stereocenters. The molecular weight excluding hydrogens is 297 g/mol. The van der Waals surface area contributed by atoms with Gasteiger partial charge < -0.3 is 9.47 Å². The number of methoxy groups -OCH3 is 1. The van der Waals surface area contributed by atoms with Gasteiger partial charge in [-0.2, -0.15) is 4.31 Å². The number of benzene rings is 1. The Morgan fingerprint density at radius 2 is 2.24 bits per heavy atom. The van der Waals surface area contributed by atoms with E-state index in [-0.39, 0.29) is 24.1 Å². The Hall–Kier alpha value is -1.02. The van der Waals surface area contributed by atoms with Gasteiger partial charge in [0.15, 0.2) is 0 Å². The second-order valence-corrected chi connectivity index (χ2v) is 6.98. The van der Waals surface area contributed by atoms with E-state index in [9.17, 15) is 12.8 Å². The van der Waals surface area contributed by atoms with Crippen LogP contribution in [0.1, 0.15) is 12.0 Å². The average Bonchev–Trinajstić information content (AvgIpc) is 2.48. The van der Waals surface area contributed by atoms with Crippen LogP contribution in [0.5, 0.6) is 0 Å². The Balaban J connectivity index is 2.20. The fourth-order valence-corrected chi connectivity index (χ4v) is 3.89. The van der Waals surface area contributed by atoms with Crippen molar-refractivity contribution < 1.29 is 22.3 Å². The van der Waals surface area contributed by atoms with Crippen molar-refractivity contribution in [3.8, 4) is 0 Å². The highest BCUT2D eigenvalue weighted by molar-refractivity contribution is 7.89. The quantitative estimate of drug-likeness (QED) is 0.827. The smallest absolute Gasteiger partial charge is 0.246 e. The molecule has 1 atom stereocenters. The first-order chi connectivity index (χ1) is 9.95. The lowest BCUT2D eigenvalue weighted by atomic mass is 10.2. The summed E-state index contributed by atoms with van der Waals surface area (Å²) in [7, 11) is -2.25. The molecule has 7 heteroatoms. The standard InChI is InChI=1S/C14H20FNO4S/c1-11-3-4-13(15)14(9-11)21(17,18)16-6-8-20-12(10-16)5-7-19-2/h3-4,9,12H,5-8,10H2,1-2H3/t12-/m1/s1. The summed E-state index contributed by atoms with van der Waals surface area (Å²) in [5.41, 5.74) is 0.708. The van der Waals surface area contributed by atoms with Crippen molar-refractivity contribution in [3.05, 3.63) is 29.6 Å². The summed E-state index contributed by atoms with van der Waals surface area (Å²) in [4.78, 5) is -0.269. The molecule has 5 nitrogen and oxygen atoms in total. The maximum atomic E-state index is 13.9. The molecule has 0 spiro atoms. The minimum absolute atomic E-state index is 0.221. The number of hydrogen-bond donors (Lipinski definition) is 0. The Labute approximate surface area is 124 Å². The van der Waals surface area contributed by atoms with Crippen molar-refractivity contribution >= 4 is 10.0 Å². The summed E-state index contributed by atoms with van der Waals surface area (Å²) in [6.07, 6.45) is 0.389. The first-order valence-corrected chi connectivity index (χ1v) is 8.26. The Morgan fingerprint density at radius 1 is 1.48 bits per heavy atom. The Bertz CT molecular complexity index is 591. The van der Waals surface area contributed by atoms with Gasteiger partial charge in [0.1, 0.15) is 10.7 Å². The third-order valence-electron chi connectivity index (χ3n) is 3.45. The van der Waals surface area contributed by atoms with Crippen LogP contribution in [-0.2, 0) is 19.5 Å². The van der Waals surface area contributed by atoms with Gasteiger partial charge in [0.2, 0.25) is 10.0 Å². The summed E-state index contributed by atoms with van der Waals surface area (Å²) >= 11 is 0. The van der Waals surface area contributed by atoms with Crippen molar-refractivity contribution in [2.45, 2.75) is 24.3 Å². The summed E-state index contributed by atoms with van der Waals surface area (Å²) < 4.78 is 50.8. The van der Waals surface area contributed by atoms with E-state index in [0.717, 1.165) is 0 Å². The van der Waals surface area contributed by atoms with Crippen LogP contribution in [0.4, 0.5) is 4.39 Å². The molecular formula is C14H20FNO4S. The minimum atomic E-state index is -3.84. The van der Waals surface area contributed by atoms with Crippen molar-refractivity contribution in [3.63, 3.8) is 0 Å². The van der Waals surface area contributed by atoms with Crippen LogP contribution in [0.25, 0.3) is 0 Å². The molecule has 21 heavy (non-hydrogen) atoms. The van der Waals surface area contributed by atoms with Crippen LogP contribution in [-0.4, -0.2) is 52.2 Å². The van der Waals surface area contributed by atoms with Crippen LogP contribution in [0, 0.1) is 12.7 Å². The maximum Gasteiger partial charge on any atom is 0.246 e. The van der Waals surface area contributed by atoms with E-state index in [4.69, 9.17) is 9.47 Å². The number of nitrogens with zero attached hydrogens (tertiary/aromatic N) is 1. The molecule has 0 bridgehead atoms. The van der Waals surface area contributed by atoms with Crippen molar-refractivity contribution in [1.82, 2.24) is 4.31 Å². The van der Waals surface area contributed by atoms with Crippen molar-refractivity contribution in [2.24, 2.45) is 0 Å². The second-order valence-electron chi connectivity index (χ2n) is 5.07. The molecule has 0 aliphatic carbocycles. The van der Waals surface area contributed by atoms with Crippen LogP contribution in [0.3, 0.4) is 0 Å². The monoisotopic (exact) mass is 317 g/mol. The van der Waals surface area contributed by atoms with Crippen molar-refractivity contribution in [1.29, 1.82) is 0 Å². The third kappa shape index (κ3) is 3.79. The van der Waals surface area contributed by atoms with Gasteiger partial charge in [0.25, 0.3) is 0 Å². The van der Waals surface area contributed by atoms with Crippen LogP contribution in [0.15, 0.2) is 23.1 Å². The predicted molar refractivity (Wildman–Crippen MR) is 76.1 cm³/mol. The highest BCUT2D eigenvalue weighted by Crippen LogP contribution is 2.23. The molecule has 2 rings (SSSR count). The lowest BCUT2D eigenvalue weighted by Gasteiger charge is -2.32. The zero-order valence-corrected chi connectivity index (χ0v) is 13.0. The topological polar surface area (TPSA) is 55.8 Å². The van der Waals surface area contributed by atoms with Gasteiger partial charge in [0, 0.05) is 26.8 Å². The van der Waals surface area contributed by atoms with Crippen LogP contribution >= 0.6 is 0 Å². The molecule has 1 aromatic carbocycles. The molecule has 0 amide bonds. The first kappa shape index (κ1) is 16.4. The molecule has 1 aromatic rings. The van der Waals surface area contributed by atoms with Gasteiger partial charge in [-0.15, -0.1) is 0 Å². The number of aryl methyl sites for hydroxylation is 1. The normalized spacial score (nSPS) is 20.6. The van der Waals surface area contributed by atoms with Crippen LogP contribution in [0.2, 0.25) is 0 Å². The predicted octanol–water partition coefficient (Wildman–Crippen LogP) is 1.56. The number of morpholine rings is 1. The summed E-state index contributed by atoms with van der Waals surface area (Å²) in [5.74, 6) is -0.722. The highest BCUT2D eigenvalue weighted by Gasteiger charge is 2.32. The van der Waals surface area contributed by atoms with E-state index in [1.54, 1.807) is 20.1 Å². The third-order valence-corrected chi connectivity index (χ3v) is 5.33. The maximum absolute atomic E-state index is 13.9. The molecule has 1 heterocycles. The molecule has 1 fully saturated rings. The van der Waals surface area contributed by atoms with E-state index in [1.165, 1.54) is 16.4 Å². The average molecular weight is 317 g/mol. The van der Waals surface area contributed by atoms with E-state index in [2.05, 4.69) is 0 Å².